The summed E-state index contributed by atoms with van der Waals surface area (Å²) in [5.74, 6) is 0.850. The number of amides is 1. The van der Waals surface area contributed by atoms with E-state index in [2.05, 4.69) is 20.7 Å². The van der Waals surface area contributed by atoms with E-state index in [1.54, 1.807) is 53.2 Å². The smallest absolute Gasteiger partial charge is 0.255 e. The normalized spacial score (nSPS) is 15.0. The third-order valence-electron chi connectivity index (χ3n) is 5.44. The van der Waals surface area contributed by atoms with E-state index in [0.29, 0.717) is 34.3 Å². The van der Waals surface area contributed by atoms with Crippen molar-refractivity contribution >= 4 is 17.5 Å². The number of nitrogens with one attached hydrogen (secondary N) is 2. The van der Waals surface area contributed by atoms with Crippen molar-refractivity contribution in [2.24, 2.45) is 0 Å². The van der Waals surface area contributed by atoms with Crippen LogP contribution in [0.1, 0.15) is 18.5 Å². The van der Waals surface area contributed by atoms with Gasteiger partial charge < -0.3 is 20.8 Å². The molecule has 164 valence electrons. The van der Waals surface area contributed by atoms with Gasteiger partial charge in [0.1, 0.15) is 17.5 Å². The summed E-state index contributed by atoms with van der Waals surface area (Å²) >= 11 is 0. The first-order valence-corrected chi connectivity index (χ1v) is 10.4. The second-order valence-corrected chi connectivity index (χ2v) is 7.73. The number of para-hydroxylation sites is 1. The van der Waals surface area contributed by atoms with Gasteiger partial charge in [0.25, 0.3) is 5.91 Å². The van der Waals surface area contributed by atoms with Crippen LogP contribution in [0.3, 0.4) is 0 Å². The largest absolute Gasteiger partial charge is 0.508 e. The van der Waals surface area contributed by atoms with Gasteiger partial charge in [0.2, 0.25) is 5.95 Å². The molecule has 1 aliphatic heterocycles. The molecule has 8 nitrogen and oxygen atoms in total. The number of carbonyl (C=O) groups excluding carboxylic acids is 1. The standard InChI is InChI=1S/C25H21N5O3/c1-15-21(24(33)27-18-7-3-2-4-8-18)22(16-10-12-19(31)13-11-16)30-25(26-15)28-23(29-30)17-6-5-9-20(32)14-17/h2-14,22,31-32H,1H3,(H,27,33)(H,26,28,29). The highest BCUT2D eigenvalue weighted by Crippen LogP contribution is 2.37. The summed E-state index contributed by atoms with van der Waals surface area (Å²) in [5, 5.41) is 30.5. The molecule has 4 aromatic rings. The zero-order valence-electron chi connectivity index (χ0n) is 17.7. The van der Waals surface area contributed by atoms with Crippen molar-refractivity contribution in [3.05, 3.63) is 95.7 Å². The summed E-state index contributed by atoms with van der Waals surface area (Å²) in [7, 11) is 0. The number of aromatic nitrogens is 3. The third-order valence-corrected chi connectivity index (χ3v) is 5.44. The van der Waals surface area contributed by atoms with E-state index in [0.717, 1.165) is 5.56 Å². The summed E-state index contributed by atoms with van der Waals surface area (Å²) in [6.45, 7) is 1.82. The van der Waals surface area contributed by atoms with Crippen molar-refractivity contribution in [1.29, 1.82) is 0 Å². The van der Waals surface area contributed by atoms with Crippen molar-refractivity contribution in [2.45, 2.75) is 13.0 Å². The zero-order valence-corrected chi connectivity index (χ0v) is 17.7. The molecule has 0 saturated carbocycles. The van der Waals surface area contributed by atoms with Crippen LogP contribution in [0.2, 0.25) is 0 Å². The minimum atomic E-state index is -0.580. The predicted molar refractivity (Wildman–Crippen MR) is 125 cm³/mol. The quantitative estimate of drug-likeness (QED) is 0.378. The van der Waals surface area contributed by atoms with Crippen molar-refractivity contribution in [2.75, 3.05) is 10.6 Å². The van der Waals surface area contributed by atoms with Gasteiger partial charge in [-0.2, -0.15) is 4.98 Å². The lowest BCUT2D eigenvalue weighted by molar-refractivity contribution is -0.113. The number of nitrogens with zero attached hydrogens (tertiary/aromatic N) is 3. The molecule has 4 N–H and O–H groups in total. The highest BCUT2D eigenvalue weighted by molar-refractivity contribution is 6.06. The molecule has 0 saturated heterocycles. The van der Waals surface area contributed by atoms with Crippen LogP contribution in [0, 0.1) is 0 Å². The summed E-state index contributed by atoms with van der Waals surface area (Å²) in [5.41, 5.74) is 3.21. The Kier molecular flexibility index (Phi) is 5.02. The highest BCUT2D eigenvalue weighted by atomic mass is 16.3. The fourth-order valence-corrected chi connectivity index (χ4v) is 3.90. The molecule has 0 bridgehead atoms. The number of aromatic hydroxyl groups is 2. The maximum atomic E-state index is 13.4. The Morgan fingerprint density at radius 3 is 2.45 bits per heavy atom. The van der Waals surface area contributed by atoms with Crippen LogP contribution in [-0.2, 0) is 4.79 Å². The van der Waals surface area contributed by atoms with Gasteiger partial charge in [-0.25, -0.2) is 4.68 Å². The Morgan fingerprint density at radius 2 is 1.73 bits per heavy atom. The van der Waals surface area contributed by atoms with Gasteiger partial charge in [-0.05, 0) is 48.9 Å². The first kappa shape index (κ1) is 20.3. The molecule has 3 aromatic carbocycles. The number of allylic oxidation sites excluding steroid dienone is 1. The topological polar surface area (TPSA) is 112 Å². The monoisotopic (exact) mass is 439 g/mol. The second-order valence-electron chi connectivity index (χ2n) is 7.73. The van der Waals surface area contributed by atoms with E-state index in [1.807, 2.05) is 37.3 Å². The van der Waals surface area contributed by atoms with Gasteiger partial charge in [-0.15, -0.1) is 5.10 Å². The van der Waals surface area contributed by atoms with Crippen molar-refractivity contribution in [3.8, 4) is 22.9 Å². The Hall–Kier alpha value is -4.59. The van der Waals surface area contributed by atoms with Crippen LogP contribution >= 0.6 is 0 Å². The van der Waals surface area contributed by atoms with Crippen molar-refractivity contribution in [3.63, 3.8) is 0 Å². The number of phenolic OH excluding ortho intramolecular Hbond substituents is 2. The van der Waals surface area contributed by atoms with Crippen LogP contribution < -0.4 is 10.6 Å². The molecule has 0 radical (unpaired) electrons. The van der Waals surface area contributed by atoms with E-state index in [1.165, 1.54) is 0 Å². The van der Waals surface area contributed by atoms with E-state index < -0.39 is 6.04 Å². The summed E-state index contributed by atoms with van der Waals surface area (Å²) in [6.07, 6.45) is 0. The fourth-order valence-electron chi connectivity index (χ4n) is 3.90. The summed E-state index contributed by atoms with van der Waals surface area (Å²) in [6, 6.07) is 22.0. The molecule has 2 heterocycles. The molecule has 1 amide bonds. The molecular formula is C25H21N5O3. The minimum Gasteiger partial charge on any atom is -0.508 e. The maximum absolute atomic E-state index is 13.4. The first-order chi connectivity index (χ1) is 16.0. The number of benzene rings is 3. The van der Waals surface area contributed by atoms with E-state index in [-0.39, 0.29) is 17.4 Å². The Morgan fingerprint density at radius 1 is 0.970 bits per heavy atom. The van der Waals surface area contributed by atoms with Gasteiger partial charge in [0, 0.05) is 16.9 Å². The third kappa shape index (κ3) is 3.89. The molecule has 8 heteroatoms. The van der Waals surface area contributed by atoms with Crippen LogP contribution in [0.25, 0.3) is 11.4 Å². The minimum absolute atomic E-state index is 0.112. The number of fused-ring (bicyclic) bond motifs is 1. The molecule has 5 rings (SSSR count). The molecule has 1 unspecified atom stereocenters. The fraction of sp³-hybridized carbons (Fsp3) is 0.0800. The molecule has 0 fully saturated rings. The average molecular weight is 439 g/mol. The molecule has 1 aromatic heterocycles. The molecule has 1 atom stereocenters. The Balaban J connectivity index is 1.61. The van der Waals surface area contributed by atoms with Crippen LogP contribution in [-0.4, -0.2) is 30.9 Å². The lowest BCUT2D eigenvalue weighted by Crippen LogP contribution is -2.31. The lowest BCUT2D eigenvalue weighted by Gasteiger charge is -2.28. The molecule has 33 heavy (non-hydrogen) atoms. The number of anilines is 2. The zero-order chi connectivity index (χ0) is 22.9. The van der Waals surface area contributed by atoms with E-state index in [4.69, 9.17) is 0 Å². The SMILES string of the molecule is CC1=C(C(=O)Nc2ccccc2)C(c2ccc(O)cc2)n2nc(-c3cccc(O)c3)nc2N1. The van der Waals surface area contributed by atoms with Crippen LogP contribution in [0.4, 0.5) is 11.6 Å². The summed E-state index contributed by atoms with van der Waals surface area (Å²) < 4.78 is 1.65. The van der Waals surface area contributed by atoms with Gasteiger partial charge in [0.15, 0.2) is 5.82 Å². The van der Waals surface area contributed by atoms with Gasteiger partial charge >= 0.3 is 0 Å². The molecular weight excluding hydrogens is 418 g/mol. The van der Waals surface area contributed by atoms with E-state index in [9.17, 15) is 15.0 Å². The van der Waals surface area contributed by atoms with Gasteiger partial charge in [0.05, 0.1) is 5.57 Å². The van der Waals surface area contributed by atoms with E-state index >= 15 is 0 Å². The maximum Gasteiger partial charge on any atom is 0.255 e. The Labute approximate surface area is 189 Å². The number of phenols is 2. The molecule has 0 spiro atoms. The number of hydrogen-bond donors (Lipinski definition) is 4. The lowest BCUT2D eigenvalue weighted by atomic mass is 9.95. The molecule has 1 aliphatic rings. The van der Waals surface area contributed by atoms with Crippen molar-refractivity contribution < 1.29 is 15.0 Å². The number of carbonyl (C=O) groups is 1. The predicted octanol–water partition coefficient (Wildman–Crippen LogP) is 4.28. The summed E-state index contributed by atoms with van der Waals surface area (Å²) in [4.78, 5) is 18.0. The van der Waals surface area contributed by atoms with Crippen LogP contribution in [0.15, 0.2) is 90.1 Å². The Bertz CT molecular complexity index is 1360. The second kappa shape index (κ2) is 8.16. The van der Waals surface area contributed by atoms with Crippen LogP contribution in [0.5, 0.6) is 11.5 Å². The van der Waals surface area contributed by atoms with Crippen molar-refractivity contribution in [1.82, 2.24) is 14.8 Å². The highest BCUT2D eigenvalue weighted by Gasteiger charge is 2.34. The molecule has 0 aliphatic carbocycles. The number of hydrogen-bond acceptors (Lipinski definition) is 6. The first-order valence-electron chi connectivity index (χ1n) is 10.4. The van der Waals surface area contributed by atoms with Gasteiger partial charge in [-0.1, -0.05) is 42.5 Å². The van der Waals surface area contributed by atoms with Gasteiger partial charge in [-0.3, -0.25) is 4.79 Å². The average Bonchev–Trinajstić information content (AvgIpc) is 3.23. The number of rotatable bonds is 4.